The molecule has 3 amide bonds. The van der Waals surface area contributed by atoms with Crippen LogP contribution >= 0.6 is 11.3 Å². The smallest absolute Gasteiger partial charge is 0.322 e. The minimum atomic E-state index is -0.276. The standard InChI is InChI=1S/C21H29N3O2S/c1-13-17-3-5-27-18(17)2-4-24(13)12-19(25)22-20(26)23-21-9-14-6-15(10-21)8-16(7-14)11-21/h3,5,13-16H,2,4,6-12H2,1H3,(H2,22,23,25,26)/p+1/t13-,14?,15?,16?,21?/m1/s1. The van der Waals surface area contributed by atoms with Crippen LogP contribution in [0.15, 0.2) is 11.4 Å². The predicted octanol–water partition coefficient (Wildman–Crippen LogP) is 2.04. The second-order valence-electron chi connectivity index (χ2n) is 9.56. The van der Waals surface area contributed by atoms with Gasteiger partial charge < -0.3 is 10.2 Å². The van der Waals surface area contributed by atoms with Crippen LogP contribution in [0.25, 0.3) is 0 Å². The molecule has 0 aromatic carbocycles. The topological polar surface area (TPSA) is 62.6 Å². The van der Waals surface area contributed by atoms with Gasteiger partial charge in [0.25, 0.3) is 5.91 Å². The lowest BCUT2D eigenvalue weighted by atomic mass is 9.53. The Hall–Kier alpha value is -1.40. The molecule has 4 saturated carbocycles. The zero-order valence-corrected chi connectivity index (χ0v) is 16.9. The Bertz CT molecular complexity index is 723. The monoisotopic (exact) mass is 388 g/mol. The average Bonchev–Trinajstić information content (AvgIpc) is 3.05. The fraction of sp³-hybridized carbons (Fsp3) is 0.714. The van der Waals surface area contributed by atoms with Crippen molar-refractivity contribution in [1.82, 2.24) is 10.6 Å². The van der Waals surface area contributed by atoms with E-state index in [0.717, 1.165) is 50.0 Å². The Kier molecular flexibility index (Phi) is 4.32. The number of imide groups is 1. The summed E-state index contributed by atoms with van der Waals surface area (Å²) in [4.78, 5) is 27.8. The molecular formula is C21H30N3O2S+. The highest BCUT2D eigenvalue weighted by molar-refractivity contribution is 7.10. The summed E-state index contributed by atoms with van der Waals surface area (Å²) in [6.07, 6.45) is 8.40. The Morgan fingerprint density at radius 3 is 2.52 bits per heavy atom. The van der Waals surface area contributed by atoms with Crippen molar-refractivity contribution < 1.29 is 14.5 Å². The molecule has 0 radical (unpaired) electrons. The molecule has 0 spiro atoms. The Morgan fingerprint density at radius 2 is 1.85 bits per heavy atom. The summed E-state index contributed by atoms with van der Waals surface area (Å²) in [5, 5.41) is 8.01. The van der Waals surface area contributed by atoms with Gasteiger partial charge in [0.05, 0.1) is 6.54 Å². The van der Waals surface area contributed by atoms with Gasteiger partial charge in [-0.15, -0.1) is 11.3 Å². The van der Waals surface area contributed by atoms with Crippen LogP contribution in [0.5, 0.6) is 0 Å². The average molecular weight is 389 g/mol. The molecule has 1 aliphatic heterocycles. The number of thiophene rings is 1. The zero-order valence-electron chi connectivity index (χ0n) is 16.1. The fourth-order valence-electron chi connectivity index (χ4n) is 6.80. The SMILES string of the molecule is C[C@@H]1c2ccsc2CC[NH+]1CC(=O)NC(=O)NC12CC3CC(CC(C3)C1)C2. The molecule has 6 heteroatoms. The number of urea groups is 1. The minimum Gasteiger partial charge on any atom is -0.332 e. The minimum absolute atomic E-state index is 0.0457. The van der Waals surface area contributed by atoms with Crippen molar-refractivity contribution in [3.8, 4) is 0 Å². The van der Waals surface area contributed by atoms with Crippen LogP contribution in [0.4, 0.5) is 4.79 Å². The van der Waals surface area contributed by atoms with Crippen molar-refractivity contribution in [2.24, 2.45) is 17.8 Å². The number of hydrogen-bond acceptors (Lipinski definition) is 3. The maximum Gasteiger partial charge on any atom is 0.322 e. The van der Waals surface area contributed by atoms with Crippen molar-refractivity contribution in [3.63, 3.8) is 0 Å². The van der Waals surface area contributed by atoms with Crippen molar-refractivity contribution in [2.45, 2.75) is 63.5 Å². The summed E-state index contributed by atoms with van der Waals surface area (Å²) in [7, 11) is 0. The molecule has 4 fully saturated rings. The molecule has 5 nitrogen and oxygen atoms in total. The molecule has 5 aliphatic rings. The molecule has 4 aliphatic carbocycles. The second-order valence-corrected chi connectivity index (χ2v) is 10.6. The normalized spacial score (nSPS) is 39.1. The zero-order chi connectivity index (χ0) is 18.6. The van der Waals surface area contributed by atoms with Gasteiger partial charge in [0.15, 0.2) is 6.54 Å². The van der Waals surface area contributed by atoms with Crippen LogP contribution in [0.1, 0.15) is 61.9 Å². The van der Waals surface area contributed by atoms with Gasteiger partial charge in [-0.25, -0.2) is 4.79 Å². The first-order valence-electron chi connectivity index (χ1n) is 10.5. The molecule has 6 rings (SSSR count). The van der Waals surface area contributed by atoms with Crippen LogP contribution in [0.2, 0.25) is 0 Å². The summed E-state index contributed by atoms with van der Waals surface area (Å²) in [5.74, 6) is 2.19. The molecule has 1 aromatic heterocycles. The van der Waals surface area contributed by atoms with E-state index in [0.29, 0.717) is 12.6 Å². The largest absolute Gasteiger partial charge is 0.332 e. The lowest BCUT2D eigenvalue weighted by molar-refractivity contribution is -0.924. The Morgan fingerprint density at radius 1 is 1.19 bits per heavy atom. The molecule has 2 heterocycles. The maximum absolute atomic E-state index is 12.6. The van der Waals surface area contributed by atoms with Crippen LogP contribution in [0.3, 0.4) is 0 Å². The number of carbonyl (C=O) groups is 2. The fourth-order valence-corrected chi connectivity index (χ4v) is 7.78. The van der Waals surface area contributed by atoms with Crippen LogP contribution in [0, 0.1) is 17.8 Å². The first-order valence-corrected chi connectivity index (χ1v) is 11.4. The molecule has 0 saturated heterocycles. The molecule has 146 valence electrons. The Labute approximate surface area is 164 Å². The van der Waals surface area contributed by atoms with E-state index in [2.05, 4.69) is 29.0 Å². The van der Waals surface area contributed by atoms with Crippen molar-refractivity contribution in [2.75, 3.05) is 13.1 Å². The van der Waals surface area contributed by atoms with Gasteiger partial charge in [-0.1, -0.05) is 0 Å². The van der Waals surface area contributed by atoms with E-state index in [1.807, 2.05) is 11.3 Å². The number of nitrogens with one attached hydrogen (secondary N) is 3. The van der Waals surface area contributed by atoms with E-state index in [9.17, 15) is 9.59 Å². The highest BCUT2D eigenvalue weighted by atomic mass is 32.1. The van der Waals surface area contributed by atoms with E-state index >= 15 is 0 Å². The third-order valence-corrected chi connectivity index (χ3v) is 8.59. The number of carbonyl (C=O) groups excluding carboxylic acids is 2. The third-order valence-electron chi connectivity index (χ3n) is 7.59. The van der Waals surface area contributed by atoms with Gasteiger partial charge in [-0.2, -0.15) is 0 Å². The highest BCUT2D eigenvalue weighted by Crippen LogP contribution is 2.55. The molecule has 3 N–H and O–H groups in total. The first kappa shape index (κ1) is 17.7. The van der Waals surface area contributed by atoms with Crippen LogP contribution in [-0.4, -0.2) is 30.6 Å². The second kappa shape index (κ2) is 6.59. The number of rotatable bonds is 3. The van der Waals surface area contributed by atoms with Gasteiger partial charge in [0.1, 0.15) is 6.04 Å². The molecule has 4 bridgehead atoms. The molecule has 2 atom stereocenters. The van der Waals surface area contributed by atoms with E-state index in [-0.39, 0.29) is 17.5 Å². The molecular weight excluding hydrogens is 358 g/mol. The summed E-state index contributed by atoms with van der Waals surface area (Å²) < 4.78 is 0. The van der Waals surface area contributed by atoms with Gasteiger partial charge in [0.2, 0.25) is 0 Å². The summed E-state index contributed by atoms with van der Waals surface area (Å²) >= 11 is 1.81. The number of hydrogen-bond donors (Lipinski definition) is 3. The predicted molar refractivity (Wildman–Crippen MR) is 105 cm³/mol. The van der Waals surface area contributed by atoms with Crippen LogP contribution < -0.4 is 15.5 Å². The van der Waals surface area contributed by atoms with Crippen molar-refractivity contribution in [1.29, 1.82) is 0 Å². The van der Waals surface area contributed by atoms with Gasteiger partial charge in [-0.3, -0.25) is 10.1 Å². The molecule has 27 heavy (non-hydrogen) atoms. The third kappa shape index (κ3) is 3.31. The van der Waals surface area contributed by atoms with Gasteiger partial charge in [0, 0.05) is 22.4 Å². The quantitative estimate of drug-likeness (QED) is 0.742. The summed E-state index contributed by atoms with van der Waals surface area (Å²) in [6.45, 7) is 3.51. The highest BCUT2D eigenvalue weighted by Gasteiger charge is 2.51. The maximum atomic E-state index is 12.6. The number of fused-ring (bicyclic) bond motifs is 1. The van der Waals surface area contributed by atoms with E-state index in [1.54, 1.807) is 0 Å². The van der Waals surface area contributed by atoms with E-state index in [1.165, 1.54) is 34.6 Å². The lowest BCUT2D eigenvalue weighted by Crippen LogP contribution is -3.14. The first-order chi connectivity index (χ1) is 13.0. The van der Waals surface area contributed by atoms with E-state index < -0.39 is 0 Å². The lowest BCUT2D eigenvalue weighted by Gasteiger charge is -2.56. The van der Waals surface area contributed by atoms with Crippen molar-refractivity contribution >= 4 is 23.3 Å². The number of amides is 3. The summed E-state index contributed by atoms with van der Waals surface area (Å²) in [5.41, 5.74) is 1.32. The van der Waals surface area contributed by atoms with Crippen LogP contribution in [-0.2, 0) is 11.2 Å². The summed E-state index contributed by atoms with van der Waals surface area (Å²) in [6, 6.07) is 2.22. The van der Waals surface area contributed by atoms with Crippen molar-refractivity contribution in [3.05, 3.63) is 21.9 Å². The van der Waals surface area contributed by atoms with Gasteiger partial charge in [-0.05, 0) is 74.6 Å². The molecule has 1 aromatic rings. The van der Waals surface area contributed by atoms with E-state index in [4.69, 9.17) is 0 Å². The van der Waals surface area contributed by atoms with Gasteiger partial charge >= 0.3 is 6.03 Å². The Balaban J connectivity index is 1.17. The molecule has 1 unspecified atom stereocenters. The number of quaternary nitrogens is 1.